The van der Waals surface area contributed by atoms with Crippen LogP contribution in [-0.4, -0.2) is 48.5 Å². The van der Waals surface area contributed by atoms with Crippen molar-refractivity contribution in [3.63, 3.8) is 0 Å². The third-order valence-corrected chi connectivity index (χ3v) is 7.20. The van der Waals surface area contributed by atoms with Crippen molar-refractivity contribution >= 4 is 16.6 Å². The topological polar surface area (TPSA) is 81.4 Å². The SMILES string of the molecule is N#Cc1cccc(-c2ccc3ncc(-c4cc(F)cc(F)c4)c(N4CC[C@@H]5NCCO[C@H]5C4)c3c2)c1O. The number of nitriles is 1. The Morgan fingerprint density at radius 1 is 1.05 bits per heavy atom. The van der Waals surface area contributed by atoms with Crippen LogP contribution in [-0.2, 0) is 4.74 Å². The number of rotatable bonds is 3. The number of aromatic nitrogens is 1. The van der Waals surface area contributed by atoms with Gasteiger partial charge in [-0.25, -0.2) is 8.78 Å². The number of para-hydroxylation sites is 1. The van der Waals surface area contributed by atoms with E-state index in [0.717, 1.165) is 36.7 Å². The average Bonchev–Trinajstić information content (AvgIpc) is 2.91. The smallest absolute Gasteiger partial charge is 0.141 e. The Morgan fingerprint density at radius 3 is 2.70 bits per heavy atom. The zero-order valence-electron chi connectivity index (χ0n) is 19.9. The zero-order chi connectivity index (χ0) is 25.5. The minimum absolute atomic E-state index is 0.0117. The van der Waals surface area contributed by atoms with Gasteiger partial charge in [-0.1, -0.05) is 18.2 Å². The van der Waals surface area contributed by atoms with Gasteiger partial charge in [-0.2, -0.15) is 5.26 Å². The largest absolute Gasteiger partial charge is 0.506 e. The lowest BCUT2D eigenvalue weighted by Gasteiger charge is -2.43. The van der Waals surface area contributed by atoms with E-state index >= 15 is 0 Å². The number of benzene rings is 3. The standard InChI is InChI=1S/C29H24F2N4O2/c30-20-10-19(11-21(31)13-20)24-15-34-25-5-4-17(22-3-1-2-18(14-32)29(22)36)12-23(25)28(24)35-8-6-26-27(16-35)37-9-7-33-26/h1-5,10-13,15,26-27,33,36H,6-9,16H2/t26-,27-/m0/s1. The number of fused-ring (bicyclic) bond motifs is 2. The van der Waals surface area contributed by atoms with Gasteiger partial charge in [0, 0.05) is 54.5 Å². The summed E-state index contributed by atoms with van der Waals surface area (Å²) < 4.78 is 34.6. The highest BCUT2D eigenvalue weighted by atomic mass is 19.1. The van der Waals surface area contributed by atoms with Gasteiger partial charge in [-0.05, 0) is 47.9 Å². The number of nitrogens with zero attached hydrogens (tertiary/aromatic N) is 3. The van der Waals surface area contributed by atoms with Gasteiger partial charge in [-0.3, -0.25) is 4.98 Å². The van der Waals surface area contributed by atoms with Crippen LogP contribution in [0.2, 0.25) is 0 Å². The molecule has 1 aromatic heterocycles. The predicted octanol–water partition coefficient (Wildman–Crippen LogP) is 4.99. The van der Waals surface area contributed by atoms with Crippen LogP contribution >= 0.6 is 0 Å². The lowest BCUT2D eigenvalue weighted by molar-refractivity contribution is -0.00896. The fourth-order valence-electron chi connectivity index (χ4n) is 5.45. The van der Waals surface area contributed by atoms with Crippen molar-refractivity contribution in [3.8, 4) is 34.1 Å². The molecule has 4 aromatic rings. The molecule has 0 bridgehead atoms. The summed E-state index contributed by atoms with van der Waals surface area (Å²) in [7, 11) is 0. The number of phenolic OH excluding ortho intramolecular Hbond substituents is 1. The van der Waals surface area contributed by atoms with E-state index in [2.05, 4.69) is 15.2 Å². The number of morpholine rings is 1. The maximum absolute atomic E-state index is 14.3. The van der Waals surface area contributed by atoms with Crippen molar-refractivity contribution in [3.05, 3.63) is 78.0 Å². The first kappa shape index (κ1) is 23.3. The highest BCUT2D eigenvalue weighted by Gasteiger charge is 2.33. The van der Waals surface area contributed by atoms with Crippen molar-refractivity contribution < 1.29 is 18.6 Å². The second-order valence-corrected chi connectivity index (χ2v) is 9.43. The predicted molar refractivity (Wildman–Crippen MR) is 137 cm³/mol. The van der Waals surface area contributed by atoms with Crippen molar-refractivity contribution in [2.45, 2.75) is 18.6 Å². The minimum atomic E-state index is -0.661. The van der Waals surface area contributed by atoms with E-state index in [1.807, 2.05) is 24.3 Å². The summed E-state index contributed by atoms with van der Waals surface area (Å²) >= 11 is 0. The van der Waals surface area contributed by atoms with E-state index in [1.54, 1.807) is 24.4 Å². The van der Waals surface area contributed by atoms with Crippen molar-refractivity contribution in [2.75, 3.05) is 31.1 Å². The molecule has 0 radical (unpaired) electrons. The van der Waals surface area contributed by atoms with Gasteiger partial charge in [0.2, 0.25) is 0 Å². The van der Waals surface area contributed by atoms with Gasteiger partial charge in [0.05, 0.1) is 29.5 Å². The Kier molecular flexibility index (Phi) is 5.95. The molecule has 2 aliphatic heterocycles. The van der Waals surface area contributed by atoms with Crippen LogP contribution in [0.15, 0.2) is 60.8 Å². The lowest BCUT2D eigenvalue weighted by Crippen LogP contribution is -2.57. The normalized spacial score (nSPS) is 19.4. The molecular weight excluding hydrogens is 474 g/mol. The molecule has 0 unspecified atom stereocenters. The summed E-state index contributed by atoms with van der Waals surface area (Å²) in [5.41, 5.74) is 3.93. The molecule has 2 saturated heterocycles. The Bertz CT molecular complexity index is 1530. The molecule has 37 heavy (non-hydrogen) atoms. The van der Waals surface area contributed by atoms with Gasteiger partial charge < -0.3 is 20.1 Å². The maximum Gasteiger partial charge on any atom is 0.141 e. The number of hydrogen-bond acceptors (Lipinski definition) is 6. The van der Waals surface area contributed by atoms with Gasteiger partial charge in [0.1, 0.15) is 23.5 Å². The molecule has 6 nitrogen and oxygen atoms in total. The first-order chi connectivity index (χ1) is 18.0. The third-order valence-electron chi connectivity index (χ3n) is 7.20. The quantitative estimate of drug-likeness (QED) is 0.414. The van der Waals surface area contributed by atoms with Gasteiger partial charge >= 0.3 is 0 Å². The first-order valence-corrected chi connectivity index (χ1v) is 12.2. The van der Waals surface area contributed by atoms with E-state index in [9.17, 15) is 19.1 Å². The molecular formula is C29H24F2N4O2. The molecule has 8 heteroatoms. The van der Waals surface area contributed by atoms with E-state index in [0.29, 0.717) is 40.9 Å². The van der Waals surface area contributed by atoms with Crippen LogP contribution in [0.5, 0.6) is 5.75 Å². The van der Waals surface area contributed by atoms with Crippen molar-refractivity contribution in [2.24, 2.45) is 0 Å². The molecule has 2 N–H and O–H groups in total. The number of ether oxygens (including phenoxy) is 1. The number of halogens is 2. The molecule has 3 aromatic carbocycles. The summed E-state index contributed by atoms with van der Waals surface area (Å²) in [4.78, 5) is 6.81. The number of hydrogen-bond donors (Lipinski definition) is 2. The lowest BCUT2D eigenvalue weighted by atomic mass is 9.94. The molecule has 0 amide bonds. The monoisotopic (exact) mass is 498 g/mol. The fourth-order valence-corrected chi connectivity index (χ4v) is 5.45. The molecule has 2 fully saturated rings. The van der Waals surface area contributed by atoms with Crippen molar-refractivity contribution in [1.29, 1.82) is 5.26 Å². The average molecular weight is 499 g/mol. The second-order valence-electron chi connectivity index (χ2n) is 9.43. The fraction of sp³-hybridized carbons (Fsp3) is 0.241. The summed E-state index contributed by atoms with van der Waals surface area (Å²) in [5.74, 6) is -1.41. The van der Waals surface area contributed by atoms with Crippen LogP contribution in [0.1, 0.15) is 12.0 Å². The van der Waals surface area contributed by atoms with Gasteiger partial charge in [0.25, 0.3) is 0 Å². The van der Waals surface area contributed by atoms with E-state index in [1.165, 1.54) is 12.1 Å². The molecule has 2 atom stereocenters. The number of nitrogens with one attached hydrogen (secondary N) is 1. The van der Waals surface area contributed by atoms with E-state index in [4.69, 9.17) is 4.74 Å². The third kappa shape index (κ3) is 4.26. The van der Waals surface area contributed by atoms with Crippen LogP contribution < -0.4 is 10.2 Å². The van der Waals surface area contributed by atoms with Crippen LogP contribution in [0.4, 0.5) is 14.5 Å². The Morgan fingerprint density at radius 2 is 1.89 bits per heavy atom. The van der Waals surface area contributed by atoms with Gasteiger partial charge in [0.15, 0.2) is 0 Å². The summed E-state index contributed by atoms with van der Waals surface area (Å²) in [6, 6.07) is 16.4. The number of piperidine rings is 1. The Balaban J connectivity index is 1.56. The first-order valence-electron chi connectivity index (χ1n) is 12.2. The highest BCUT2D eigenvalue weighted by Crippen LogP contribution is 2.41. The maximum atomic E-state index is 14.3. The zero-order valence-corrected chi connectivity index (χ0v) is 19.9. The molecule has 3 heterocycles. The van der Waals surface area contributed by atoms with Crippen LogP contribution in [0.25, 0.3) is 33.2 Å². The molecule has 0 aliphatic carbocycles. The summed E-state index contributed by atoms with van der Waals surface area (Å²) in [5, 5.41) is 24.4. The number of anilines is 1. The molecule has 0 spiro atoms. The minimum Gasteiger partial charge on any atom is -0.506 e. The number of aromatic hydroxyl groups is 1. The van der Waals surface area contributed by atoms with Crippen molar-refractivity contribution in [1.82, 2.24) is 10.3 Å². The Labute approximate surface area is 212 Å². The molecule has 0 saturated carbocycles. The van der Waals surface area contributed by atoms with E-state index < -0.39 is 11.6 Å². The van der Waals surface area contributed by atoms with Crippen LogP contribution in [0.3, 0.4) is 0 Å². The van der Waals surface area contributed by atoms with Crippen LogP contribution in [0, 0.1) is 23.0 Å². The number of pyridine rings is 1. The highest BCUT2D eigenvalue weighted by molar-refractivity contribution is 6.02. The number of phenols is 1. The Hall–Kier alpha value is -4.06. The summed E-state index contributed by atoms with van der Waals surface area (Å²) in [6.45, 7) is 2.79. The summed E-state index contributed by atoms with van der Waals surface area (Å²) in [6.07, 6.45) is 2.50. The molecule has 2 aliphatic rings. The second kappa shape index (κ2) is 9.43. The molecule has 186 valence electrons. The van der Waals surface area contributed by atoms with E-state index in [-0.39, 0.29) is 23.5 Å². The van der Waals surface area contributed by atoms with Gasteiger partial charge in [-0.15, -0.1) is 0 Å². The molecule has 6 rings (SSSR count).